The fourth-order valence-corrected chi connectivity index (χ4v) is 3.95. The molecule has 6 heteroatoms. The molecule has 1 aliphatic carbocycles. The van der Waals surface area contributed by atoms with Crippen LogP contribution in [0.5, 0.6) is 11.5 Å². The first-order valence-corrected chi connectivity index (χ1v) is 10.1. The molecule has 0 spiro atoms. The number of nitrogens with zero attached hydrogens (tertiary/aromatic N) is 2. The molecular formula is C22H27N3O3. The minimum atomic E-state index is 0.0493. The van der Waals surface area contributed by atoms with Gasteiger partial charge in [-0.15, -0.1) is 0 Å². The summed E-state index contributed by atoms with van der Waals surface area (Å²) in [4.78, 5) is 19.0. The van der Waals surface area contributed by atoms with Gasteiger partial charge in [0.2, 0.25) is 5.91 Å². The van der Waals surface area contributed by atoms with Crippen LogP contribution in [0.15, 0.2) is 42.7 Å². The zero-order chi connectivity index (χ0) is 19.2. The summed E-state index contributed by atoms with van der Waals surface area (Å²) in [6, 6.07) is 10.4. The van der Waals surface area contributed by atoms with E-state index in [1.807, 2.05) is 24.3 Å². The van der Waals surface area contributed by atoms with Crippen molar-refractivity contribution in [3.8, 4) is 11.5 Å². The number of rotatable bonds is 7. The fraction of sp³-hybridized carbons (Fsp3) is 0.455. The van der Waals surface area contributed by atoms with Crippen molar-refractivity contribution in [3.05, 3.63) is 53.9 Å². The lowest BCUT2D eigenvalue weighted by molar-refractivity contribution is -0.123. The molecule has 1 aromatic carbocycles. The molecule has 6 nitrogen and oxygen atoms in total. The number of ether oxygens (including phenoxy) is 2. The lowest BCUT2D eigenvalue weighted by atomic mass is 10.1. The minimum absolute atomic E-state index is 0.0493. The largest absolute Gasteiger partial charge is 0.486 e. The van der Waals surface area contributed by atoms with Crippen molar-refractivity contribution in [2.75, 3.05) is 19.8 Å². The number of carbonyl (C=O) groups is 1. The molecule has 0 unspecified atom stereocenters. The normalized spacial score (nSPS) is 16.3. The third-order valence-electron chi connectivity index (χ3n) is 5.39. The summed E-state index contributed by atoms with van der Waals surface area (Å²) in [7, 11) is 0. The number of pyridine rings is 1. The predicted octanol–water partition coefficient (Wildman–Crippen LogP) is 2.91. The van der Waals surface area contributed by atoms with Crippen LogP contribution in [0.25, 0.3) is 0 Å². The Morgan fingerprint density at radius 3 is 2.71 bits per heavy atom. The van der Waals surface area contributed by atoms with Crippen molar-refractivity contribution in [1.82, 2.24) is 15.2 Å². The summed E-state index contributed by atoms with van der Waals surface area (Å²) in [6.45, 7) is 2.83. The highest BCUT2D eigenvalue weighted by molar-refractivity contribution is 5.78. The summed E-state index contributed by atoms with van der Waals surface area (Å²) in [5.41, 5.74) is 2.16. The van der Waals surface area contributed by atoms with Crippen LogP contribution in [-0.4, -0.2) is 41.6 Å². The first kappa shape index (κ1) is 18.7. The summed E-state index contributed by atoms with van der Waals surface area (Å²) in [5.74, 6) is 1.65. The lowest BCUT2D eigenvalue weighted by Gasteiger charge is -2.29. The minimum Gasteiger partial charge on any atom is -0.486 e. The Morgan fingerprint density at radius 2 is 1.93 bits per heavy atom. The molecule has 0 saturated heterocycles. The van der Waals surface area contributed by atoms with Gasteiger partial charge in [-0.3, -0.25) is 14.7 Å². The van der Waals surface area contributed by atoms with Crippen molar-refractivity contribution in [3.63, 3.8) is 0 Å². The molecule has 148 valence electrons. The van der Waals surface area contributed by atoms with E-state index in [1.54, 1.807) is 12.4 Å². The number of nitrogens with one attached hydrogen (secondary N) is 1. The van der Waals surface area contributed by atoms with E-state index in [-0.39, 0.29) is 5.91 Å². The lowest BCUT2D eigenvalue weighted by Crippen LogP contribution is -2.41. The van der Waals surface area contributed by atoms with Gasteiger partial charge in [0.25, 0.3) is 0 Å². The first-order valence-electron chi connectivity index (χ1n) is 10.1. The Hall–Kier alpha value is -2.60. The average molecular weight is 381 g/mol. The highest BCUT2D eigenvalue weighted by Gasteiger charge is 2.25. The molecule has 0 bridgehead atoms. The molecule has 28 heavy (non-hydrogen) atoms. The molecule has 1 N–H and O–H groups in total. The van der Waals surface area contributed by atoms with Crippen LogP contribution in [0.4, 0.5) is 0 Å². The molecular weight excluding hydrogens is 354 g/mol. The maximum atomic E-state index is 12.6. The van der Waals surface area contributed by atoms with Gasteiger partial charge in [0, 0.05) is 31.5 Å². The Balaban J connectivity index is 1.39. The standard InChI is InChI=1S/C22H27N3O3/c26-22(24-14-18-4-3-9-23-13-18)16-25(19-5-1-2-6-19)15-17-7-8-20-21(12-17)28-11-10-27-20/h3-4,7-9,12-13,19H,1-2,5-6,10-11,14-16H2,(H,24,26). The van der Waals surface area contributed by atoms with Gasteiger partial charge >= 0.3 is 0 Å². The summed E-state index contributed by atoms with van der Waals surface area (Å²) < 4.78 is 11.3. The van der Waals surface area contributed by atoms with E-state index < -0.39 is 0 Å². The van der Waals surface area contributed by atoms with Crippen molar-refractivity contribution in [2.45, 2.75) is 44.8 Å². The van der Waals surface area contributed by atoms with Crippen LogP contribution in [0.1, 0.15) is 36.8 Å². The second-order valence-electron chi connectivity index (χ2n) is 7.46. The highest BCUT2D eigenvalue weighted by Crippen LogP contribution is 2.32. The number of aromatic nitrogens is 1. The Labute approximate surface area is 165 Å². The summed E-state index contributed by atoms with van der Waals surface area (Å²) >= 11 is 0. The number of benzene rings is 1. The van der Waals surface area contributed by atoms with E-state index in [9.17, 15) is 4.79 Å². The highest BCUT2D eigenvalue weighted by atomic mass is 16.6. The van der Waals surface area contributed by atoms with E-state index >= 15 is 0 Å². The van der Waals surface area contributed by atoms with Crippen LogP contribution in [0.2, 0.25) is 0 Å². The third-order valence-corrected chi connectivity index (χ3v) is 5.39. The van der Waals surface area contributed by atoms with E-state index in [0.29, 0.717) is 32.3 Å². The van der Waals surface area contributed by atoms with Gasteiger partial charge < -0.3 is 14.8 Å². The summed E-state index contributed by atoms with van der Waals surface area (Å²) in [6.07, 6.45) is 8.30. The van der Waals surface area contributed by atoms with Crippen molar-refractivity contribution in [2.24, 2.45) is 0 Å². The van der Waals surface area contributed by atoms with E-state index in [2.05, 4.69) is 21.3 Å². The quantitative estimate of drug-likeness (QED) is 0.799. The molecule has 2 aliphatic rings. The molecule has 1 fully saturated rings. The van der Waals surface area contributed by atoms with Gasteiger partial charge in [0.05, 0.1) is 6.54 Å². The number of hydrogen-bond acceptors (Lipinski definition) is 5. The van der Waals surface area contributed by atoms with Gasteiger partial charge in [-0.2, -0.15) is 0 Å². The van der Waals surface area contributed by atoms with Gasteiger partial charge in [-0.05, 0) is 42.2 Å². The van der Waals surface area contributed by atoms with E-state index in [0.717, 1.165) is 42.0 Å². The Morgan fingerprint density at radius 1 is 1.11 bits per heavy atom. The molecule has 2 aromatic rings. The van der Waals surface area contributed by atoms with Crippen molar-refractivity contribution in [1.29, 1.82) is 0 Å². The van der Waals surface area contributed by atoms with Crippen molar-refractivity contribution >= 4 is 5.91 Å². The molecule has 2 heterocycles. The molecule has 1 aromatic heterocycles. The zero-order valence-corrected chi connectivity index (χ0v) is 16.1. The van der Waals surface area contributed by atoms with Crippen LogP contribution in [0, 0.1) is 0 Å². The third kappa shape index (κ3) is 4.81. The van der Waals surface area contributed by atoms with Crippen LogP contribution < -0.4 is 14.8 Å². The van der Waals surface area contributed by atoms with Gasteiger partial charge in [0.15, 0.2) is 11.5 Å². The number of amides is 1. The molecule has 1 aliphatic heterocycles. The number of carbonyl (C=O) groups excluding carboxylic acids is 1. The smallest absolute Gasteiger partial charge is 0.234 e. The van der Waals surface area contributed by atoms with Crippen LogP contribution >= 0.6 is 0 Å². The van der Waals surface area contributed by atoms with E-state index in [1.165, 1.54) is 12.8 Å². The predicted molar refractivity (Wildman–Crippen MR) is 106 cm³/mol. The Kier molecular flexibility index (Phi) is 6.07. The van der Waals surface area contributed by atoms with Crippen LogP contribution in [0.3, 0.4) is 0 Å². The summed E-state index contributed by atoms with van der Waals surface area (Å²) in [5, 5.41) is 3.02. The monoisotopic (exact) mass is 381 g/mol. The average Bonchev–Trinajstić information content (AvgIpc) is 3.27. The second kappa shape index (κ2) is 9.06. The Bertz CT molecular complexity index is 791. The topological polar surface area (TPSA) is 63.7 Å². The van der Waals surface area contributed by atoms with E-state index in [4.69, 9.17) is 9.47 Å². The molecule has 1 amide bonds. The number of fused-ring (bicyclic) bond motifs is 1. The van der Waals surface area contributed by atoms with Gasteiger partial charge in [-0.1, -0.05) is 25.0 Å². The second-order valence-corrected chi connectivity index (χ2v) is 7.46. The molecule has 0 radical (unpaired) electrons. The molecule has 0 atom stereocenters. The maximum Gasteiger partial charge on any atom is 0.234 e. The first-order chi connectivity index (χ1) is 13.8. The van der Waals surface area contributed by atoms with Gasteiger partial charge in [-0.25, -0.2) is 0 Å². The zero-order valence-electron chi connectivity index (χ0n) is 16.1. The fourth-order valence-electron chi connectivity index (χ4n) is 3.95. The van der Waals surface area contributed by atoms with Gasteiger partial charge in [0.1, 0.15) is 13.2 Å². The molecule has 4 rings (SSSR count). The maximum absolute atomic E-state index is 12.6. The molecule has 1 saturated carbocycles. The SMILES string of the molecule is O=C(CN(Cc1ccc2c(c1)OCCO2)C1CCCC1)NCc1cccnc1. The van der Waals surface area contributed by atoms with Crippen LogP contribution in [-0.2, 0) is 17.9 Å². The van der Waals surface area contributed by atoms with Crippen molar-refractivity contribution < 1.29 is 14.3 Å². The number of hydrogen-bond donors (Lipinski definition) is 1.